The van der Waals surface area contributed by atoms with E-state index in [9.17, 15) is 0 Å². The second-order valence-electron chi connectivity index (χ2n) is 2.06. The summed E-state index contributed by atoms with van der Waals surface area (Å²) in [7, 11) is 0. The number of aromatic nitrogens is 1. The average molecular weight is 249 g/mol. The standard InChI is InChI=1S/C7H3BrClNS/c8-4-3-6-5(1-2-11-6)10-7(4)9/h1-3H. The van der Waals surface area contributed by atoms with Crippen LogP contribution < -0.4 is 0 Å². The molecule has 0 aliphatic carbocycles. The molecule has 0 spiro atoms. The van der Waals surface area contributed by atoms with Crippen LogP contribution in [0.25, 0.3) is 10.2 Å². The van der Waals surface area contributed by atoms with Gasteiger partial charge in [0.15, 0.2) is 0 Å². The van der Waals surface area contributed by atoms with Crippen LogP contribution in [0.4, 0.5) is 0 Å². The third-order valence-electron chi connectivity index (χ3n) is 1.35. The Morgan fingerprint density at radius 1 is 1.55 bits per heavy atom. The third kappa shape index (κ3) is 1.28. The van der Waals surface area contributed by atoms with Crippen molar-refractivity contribution in [2.45, 2.75) is 0 Å². The van der Waals surface area contributed by atoms with Crippen molar-refractivity contribution in [3.63, 3.8) is 0 Å². The zero-order valence-electron chi connectivity index (χ0n) is 5.34. The highest BCUT2D eigenvalue weighted by Gasteiger charge is 2.01. The Hall–Kier alpha value is -0.120. The second-order valence-corrected chi connectivity index (χ2v) is 4.23. The molecule has 56 valence electrons. The van der Waals surface area contributed by atoms with E-state index in [-0.39, 0.29) is 0 Å². The van der Waals surface area contributed by atoms with Crippen LogP contribution in [0.3, 0.4) is 0 Å². The summed E-state index contributed by atoms with van der Waals surface area (Å²) in [6, 6.07) is 3.94. The van der Waals surface area contributed by atoms with Gasteiger partial charge in [-0.3, -0.25) is 0 Å². The van der Waals surface area contributed by atoms with Gasteiger partial charge in [0.05, 0.1) is 14.7 Å². The van der Waals surface area contributed by atoms with E-state index in [4.69, 9.17) is 11.6 Å². The van der Waals surface area contributed by atoms with Gasteiger partial charge in [0.2, 0.25) is 0 Å². The SMILES string of the molecule is Clc1nc2ccsc2cc1Br. The van der Waals surface area contributed by atoms with Gasteiger partial charge in [-0.2, -0.15) is 0 Å². The molecule has 0 atom stereocenters. The van der Waals surface area contributed by atoms with Crippen LogP contribution in [0.2, 0.25) is 5.15 Å². The molecule has 2 rings (SSSR count). The molecule has 2 aromatic heterocycles. The number of hydrogen-bond acceptors (Lipinski definition) is 2. The van der Waals surface area contributed by atoms with Crippen molar-refractivity contribution in [3.05, 3.63) is 27.1 Å². The molecule has 1 nitrogen and oxygen atoms in total. The van der Waals surface area contributed by atoms with Crippen molar-refractivity contribution >= 4 is 49.1 Å². The minimum Gasteiger partial charge on any atom is -0.234 e. The van der Waals surface area contributed by atoms with E-state index in [0.717, 1.165) is 14.7 Å². The van der Waals surface area contributed by atoms with Gasteiger partial charge >= 0.3 is 0 Å². The smallest absolute Gasteiger partial charge is 0.144 e. The van der Waals surface area contributed by atoms with E-state index in [0.29, 0.717) is 5.15 Å². The average Bonchev–Trinajstić information content (AvgIpc) is 2.36. The first kappa shape index (κ1) is 7.53. The molecule has 0 aliphatic heterocycles. The predicted octanol–water partition coefficient (Wildman–Crippen LogP) is 3.71. The molecule has 0 aromatic carbocycles. The van der Waals surface area contributed by atoms with Crippen molar-refractivity contribution < 1.29 is 0 Å². The molecule has 0 saturated heterocycles. The zero-order chi connectivity index (χ0) is 7.84. The van der Waals surface area contributed by atoms with E-state index < -0.39 is 0 Å². The van der Waals surface area contributed by atoms with E-state index in [1.807, 2.05) is 17.5 Å². The highest BCUT2D eigenvalue weighted by Crippen LogP contribution is 2.27. The summed E-state index contributed by atoms with van der Waals surface area (Å²) in [5.74, 6) is 0. The maximum atomic E-state index is 5.79. The zero-order valence-corrected chi connectivity index (χ0v) is 8.50. The van der Waals surface area contributed by atoms with Crippen LogP contribution in [0.1, 0.15) is 0 Å². The first-order valence-corrected chi connectivity index (χ1v) is 5.01. The topological polar surface area (TPSA) is 12.9 Å². The van der Waals surface area contributed by atoms with Crippen LogP contribution in [0.15, 0.2) is 22.0 Å². The Kier molecular flexibility index (Phi) is 1.87. The third-order valence-corrected chi connectivity index (χ3v) is 3.32. The maximum Gasteiger partial charge on any atom is 0.144 e. The van der Waals surface area contributed by atoms with Crippen molar-refractivity contribution in [2.75, 3.05) is 0 Å². The van der Waals surface area contributed by atoms with Crippen LogP contribution in [-0.4, -0.2) is 4.98 Å². The minimum atomic E-state index is 0.524. The first-order chi connectivity index (χ1) is 5.27. The molecule has 2 aromatic rings. The highest BCUT2D eigenvalue weighted by molar-refractivity contribution is 9.10. The van der Waals surface area contributed by atoms with Crippen molar-refractivity contribution in [1.29, 1.82) is 0 Å². The molecule has 0 fully saturated rings. The van der Waals surface area contributed by atoms with Gasteiger partial charge in [-0.15, -0.1) is 11.3 Å². The second kappa shape index (κ2) is 2.73. The predicted molar refractivity (Wildman–Crippen MR) is 52.3 cm³/mol. The van der Waals surface area contributed by atoms with Gasteiger partial charge in [0.1, 0.15) is 5.15 Å². The Morgan fingerprint density at radius 2 is 2.36 bits per heavy atom. The lowest BCUT2D eigenvalue weighted by molar-refractivity contribution is 1.40. The van der Waals surface area contributed by atoms with Gasteiger partial charge in [-0.1, -0.05) is 11.6 Å². The maximum absolute atomic E-state index is 5.79. The van der Waals surface area contributed by atoms with Gasteiger partial charge in [0, 0.05) is 0 Å². The molecular weight excluding hydrogens is 246 g/mol. The number of pyridine rings is 1. The molecule has 0 unspecified atom stereocenters. The van der Waals surface area contributed by atoms with E-state index in [2.05, 4.69) is 20.9 Å². The van der Waals surface area contributed by atoms with Gasteiger partial charge in [-0.05, 0) is 33.4 Å². The summed E-state index contributed by atoms with van der Waals surface area (Å²) in [6.07, 6.45) is 0. The van der Waals surface area contributed by atoms with Crippen LogP contribution in [-0.2, 0) is 0 Å². The highest BCUT2D eigenvalue weighted by atomic mass is 79.9. The molecule has 0 aliphatic rings. The Morgan fingerprint density at radius 3 is 3.18 bits per heavy atom. The first-order valence-electron chi connectivity index (χ1n) is 2.96. The van der Waals surface area contributed by atoms with Gasteiger partial charge in [0.25, 0.3) is 0 Å². The molecule has 0 saturated carbocycles. The Labute approximate surface area is 81.1 Å². The number of rotatable bonds is 0. The summed E-state index contributed by atoms with van der Waals surface area (Å²) in [4.78, 5) is 4.16. The lowest BCUT2D eigenvalue weighted by Crippen LogP contribution is -1.75. The number of hydrogen-bond donors (Lipinski definition) is 0. The molecule has 0 amide bonds. The van der Waals surface area contributed by atoms with Gasteiger partial charge < -0.3 is 0 Å². The van der Waals surface area contributed by atoms with Crippen molar-refractivity contribution in [2.24, 2.45) is 0 Å². The summed E-state index contributed by atoms with van der Waals surface area (Å²) >= 11 is 10.8. The molecule has 2 heterocycles. The number of halogens is 2. The van der Waals surface area contributed by atoms with E-state index in [1.54, 1.807) is 11.3 Å². The molecular formula is C7H3BrClNS. The summed E-state index contributed by atoms with van der Waals surface area (Å²) in [5, 5.41) is 2.52. The number of nitrogens with zero attached hydrogens (tertiary/aromatic N) is 1. The Balaban J connectivity index is 2.86. The van der Waals surface area contributed by atoms with Gasteiger partial charge in [-0.25, -0.2) is 4.98 Å². The van der Waals surface area contributed by atoms with Crippen LogP contribution in [0, 0.1) is 0 Å². The van der Waals surface area contributed by atoms with Crippen molar-refractivity contribution in [1.82, 2.24) is 4.98 Å². The lowest BCUT2D eigenvalue weighted by Gasteiger charge is -1.93. The number of fused-ring (bicyclic) bond motifs is 1. The summed E-state index contributed by atoms with van der Waals surface area (Å²) in [6.45, 7) is 0. The molecule has 11 heavy (non-hydrogen) atoms. The largest absolute Gasteiger partial charge is 0.234 e. The van der Waals surface area contributed by atoms with Crippen LogP contribution >= 0.6 is 38.9 Å². The van der Waals surface area contributed by atoms with Crippen molar-refractivity contribution in [3.8, 4) is 0 Å². The lowest BCUT2D eigenvalue weighted by atomic mass is 10.4. The summed E-state index contributed by atoms with van der Waals surface area (Å²) in [5.41, 5.74) is 0.961. The molecule has 0 N–H and O–H groups in total. The Bertz CT molecular complexity index is 362. The fourth-order valence-electron chi connectivity index (χ4n) is 0.848. The molecule has 0 radical (unpaired) electrons. The van der Waals surface area contributed by atoms with E-state index >= 15 is 0 Å². The van der Waals surface area contributed by atoms with E-state index in [1.165, 1.54) is 0 Å². The monoisotopic (exact) mass is 247 g/mol. The fourth-order valence-corrected chi connectivity index (χ4v) is 2.23. The minimum absolute atomic E-state index is 0.524. The fraction of sp³-hybridized carbons (Fsp3) is 0. The molecule has 0 bridgehead atoms. The normalized spacial score (nSPS) is 10.7. The quantitative estimate of drug-likeness (QED) is 0.648. The number of thiophene rings is 1. The summed E-state index contributed by atoms with van der Waals surface area (Å²) < 4.78 is 2.01. The molecule has 4 heteroatoms. The van der Waals surface area contributed by atoms with Crippen LogP contribution in [0.5, 0.6) is 0 Å².